The van der Waals surface area contributed by atoms with E-state index in [1.165, 1.54) is 28.5 Å². The molecule has 0 aliphatic carbocycles. The highest BCUT2D eigenvalue weighted by Crippen LogP contribution is 2.25. The zero-order valence-electron chi connectivity index (χ0n) is 17.9. The summed E-state index contributed by atoms with van der Waals surface area (Å²) in [6.45, 7) is 7.23. The highest BCUT2D eigenvalue weighted by molar-refractivity contribution is 7.99. The predicted molar refractivity (Wildman–Crippen MR) is 121 cm³/mol. The van der Waals surface area contributed by atoms with E-state index in [0.29, 0.717) is 13.3 Å². The van der Waals surface area contributed by atoms with E-state index in [2.05, 4.69) is 43.5 Å². The predicted octanol–water partition coefficient (Wildman–Crippen LogP) is 4.40. The average Bonchev–Trinajstić information content (AvgIpc) is 3.03. The molecule has 2 N–H and O–H groups in total. The summed E-state index contributed by atoms with van der Waals surface area (Å²) in [6, 6.07) is 16.7. The molecule has 0 spiro atoms. The fraction of sp³-hybridized carbons (Fsp3) is 0.333. The van der Waals surface area contributed by atoms with Crippen LogP contribution in [0, 0.1) is 13.8 Å². The highest BCUT2D eigenvalue weighted by Gasteiger charge is 2.18. The van der Waals surface area contributed by atoms with Gasteiger partial charge in [0.25, 0.3) is 0 Å². The van der Waals surface area contributed by atoms with Crippen molar-refractivity contribution in [2.24, 2.45) is 5.73 Å². The van der Waals surface area contributed by atoms with Gasteiger partial charge in [0, 0.05) is 12.1 Å². The fourth-order valence-electron chi connectivity index (χ4n) is 3.56. The molecular formula is C24H29N3O2S. The number of nitrogens with zero attached hydrogens (tertiary/aromatic N) is 2. The molecule has 1 amide bonds. The Labute approximate surface area is 182 Å². The summed E-state index contributed by atoms with van der Waals surface area (Å²) in [4.78, 5) is 16.1. The molecule has 2 aromatic carbocycles. The minimum Gasteiger partial charge on any atom is -0.369 e. The average molecular weight is 424 g/mol. The number of primary amides is 1. The van der Waals surface area contributed by atoms with E-state index in [1.807, 2.05) is 30.3 Å². The normalized spacial score (nSPS) is 11.0. The van der Waals surface area contributed by atoms with E-state index in [0.717, 1.165) is 34.9 Å². The lowest BCUT2D eigenvalue weighted by molar-refractivity contribution is -0.115. The molecule has 0 saturated heterocycles. The lowest BCUT2D eigenvalue weighted by Crippen LogP contribution is -2.15. The van der Waals surface area contributed by atoms with Crippen LogP contribution in [0.4, 0.5) is 0 Å². The standard InChI is InChI=1S/C24H29N3O2S/c1-4-21-22(13-20-11-17(2)10-18(3)12-20)27(24(26-21)30-15-23(25)28)16-29-14-19-8-6-5-7-9-19/h5-12H,4,13-16H2,1-3H3,(H2,25,28). The van der Waals surface area contributed by atoms with Gasteiger partial charge in [0.2, 0.25) is 5.91 Å². The topological polar surface area (TPSA) is 70.1 Å². The molecule has 0 atom stereocenters. The fourth-order valence-corrected chi connectivity index (χ4v) is 4.33. The number of rotatable bonds is 10. The smallest absolute Gasteiger partial charge is 0.227 e. The lowest BCUT2D eigenvalue weighted by atomic mass is 10.0. The van der Waals surface area contributed by atoms with Gasteiger partial charge in [0.1, 0.15) is 6.73 Å². The number of nitrogens with two attached hydrogens (primary N) is 1. The number of aryl methyl sites for hydroxylation is 3. The molecule has 3 aromatic rings. The molecule has 0 bridgehead atoms. The number of hydrogen-bond donors (Lipinski definition) is 1. The summed E-state index contributed by atoms with van der Waals surface area (Å²) >= 11 is 1.37. The summed E-state index contributed by atoms with van der Waals surface area (Å²) in [5.74, 6) is -0.157. The van der Waals surface area contributed by atoms with Crippen LogP contribution in [-0.2, 0) is 35.7 Å². The molecule has 0 saturated carbocycles. The Morgan fingerprint density at radius 1 is 1.10 bits per heavy atom. The molecule has 5 nitrogen and oxygen atoms in total. The summed E-state index contributed by atoms with van der Waals surface area (Å²) in [5, 5.41) is 0.776. The van der Waals surface area contributed by atoms with Gasteiger partial charge < -0.3 is 10.5 Å². The van der Waals surface area contributed by atoms with Crippen molar-refractivity contribution in [3.05, 3.63) is 82.2 Å². The first-order chi connectivity index (χ1) is 14.5. The zero-order chi connectivity index (χ0) is 21.5. The molecular weight excluding hydrogens is 394 g/mol. The van der Waals surface area contributed by atoms with Gasteiger partial charge in [-0.2, -0.15) is 0 Å². The summed E-state index contributed by atoms with van der Waals surface area (Å²) in [5.41, 5.74) is 12.4. The number of hydrogen-bond acceptors (Lipinski definition) is 4. The number of carbonyl (C=O) groups is 1. The highest BCUT2D eigenvalue weighted by atomic mass is 32.2. The first-order valence-corrected chi connectivity index (χ1v) is 11.1. The monoisotopic (exact) mass is 423 g/mol. The van der Waals surface area contributed by atoms with Crippen LogP contribution in [0.3, 0.4) is 0 Å². The number of aromatic nitrogens is 2. The maximum Gasteiger partial charge on any atom is 0.227 e. The van der Waals surface area contributed by atoms with E-state index in [-0.39, 0.29) is 11.7 Å². The molecule has 30 heavy (non-hydrogen) atoms. The Balaban J connectivity index is 1.88. The quantitative estimate of drug-likeness (QED) is 0.491. The van der Waals surface area contributed by atoms with Gasteiger partial charge in [-0.3, -0.25) is 9.36 Å². The molecule has 1 heterocycles. The number of imidazole rings is 1. The molecule has 158 valence electrons. The van der Waals surface area contributed by atoms with E-state index in [1.54, 1.807) is 0 Å². The third kappa shape index (κ3) is 5.97. The molecule has 0 unspecified atom stereocenters. The minimum absolute atomic E-state index is 0.196. The van der Waals surface area contributed by atoms with E-state index in [4.69, 9.17) is 15.5 Å². The van der Waals surface area contributed by atoms with Crippen molar-refractivity contribution in [1.29, 1.82) is 0 Å². The van der Waals surface area contributed by atoms with Gasteiger partial charge in [-0.05, 0) is 31.4 Å². The van der Waals surface area contributed by atoms with Gasteiger partial charge in [-0.1, -0.05) is 78.3 Å². The second-order valence-corrected chi connectivity index (χ2v) is 8.40. The minimum atomic E-state index is -0.353. The second-order valence-electron chi connectivity index (χ2n) is 7.46. The van der Waals surface area contributed by atoms with E-state index >= 15 is 0 Å². The molecule has 0 radical (unpaired) electrons. The molecule has 0 aliphatic rings. The van der Waals surface area contributed by atoms with Crippen molar-refractivity contribution >= 4 is 17.7 Å². The van der Waals surface area contributed by atoms with Gasteiger partial charge >= 0.3 is 0 Å². The number of benzene rings is 2. The van der Waals surface area contributed by atoms with Crippen molar-refractivity contribution in [1.82, 2.24) is 9.55 Å². The summed E-state index contributed by atoms with van der Waals surface area (Å²) < 4.78 is 8.12. The van der Waals surface area contributed by atoms with Crippen LogP contribution in [0.1, 0.15) is 40.6 Å². The van der Waals surface area contributed by atoms with E-state index in [9.17, 15) is 4.79 Å². The molecule has 0 aliphatic heterocycles. The number of thioether (sulfide) groups is 1. The summed E-state index contributed by atoms with van der Waals surface area (Å²) in [7, 11) is 0. The third-order valence-corrected chi connectivity index (χ3v) is 5.78. The van der Waals surface area contributed by atoms with Crippen LogP contribution in [0.15, 0.2) is 53.7 Å². The van der Waals surface area contributed by atoms with E-state index < -0.39 is 0 Å². The Hall–Kier alpha value is -2.57. The van der Waals surface area contributed by atoms with Crippen molar-refractivity contribution in [2.75, 3.05) is 5.75 Å². The van der Waals surface area contributed by atoms with Crippen molar-refractivity contribution in [3.63, 3.8) is 0 Å². The first kappa shape index (κ1) is 22.1. The van der Waals surface area contributed by atoms with Gasteiger partial charge in [-0.25, -0.2) is 4.98 Å². The van der Waals surface area contributed by atoms with Crippen LogP contribution in [-0.4, -0.2) is 21.2 Å². The molecule has 3 rings (SSSR count). The van der Waals surface area contributed by atoms with Crippen molar-refractivity contribution in [3.8, 4) is 0 Å². The van der Waals surface area contributed by atoms with Crippen LogP contribution in [0.2, 0.25) is 0 Å². The number of ether oxygens (including phenoxy) is 1. The van der Waals surface area contributed by atoms with Crippen molar-refractivity contribution in [2.45, 2.75) is 52.1 Å². The summed E-state index contributed by atoms with van der Waals surface area (Å²) in [6.07, 6.45) is 1.58. The van der Waals surface area contributed by atoms with Crippen LogP contribution >= 0.6 is 11.8 Å². The zero-order valence-corrected chi connectivity index (χ0v) is 18.7. The van der Waals surface area contributed by atoms with Crippen LogP contribution < -0.4 is 5.73 Å². The lowest BCUT2D eigenvalue weighted by Gasteiger charge is -2.14. The Morgan fingerprint density at radius 3 is 2.43 bits per heavy atom. The van der Waals surface area contributed by atoms with Gasteiger partial charge in [0.05, 0.1) is 18.1 Å². The van der Waals surface area contributed by atoms with Crippen LogP contribution in [0.25, 0.3) is 0 Å². The maximum absolute atomic E-state index is 11.3. The van der Waals surface area contributed by atoms with Gasteiger partial charge in [0.15, 0.2) is 5.16 Å². The Kier molecular flexibility index (Phi) is 7.71. The third-order valence-electron chi connectivity index (χ3n) is 4.78. The Morgan fingerprint density at radius 2 is 1.80 bits per heavy atom. The van der Waals surface area contributed by atoms with Crippen LogP contribution in [0.5, 0.6) is 0 Å². The van der Waals surface area contributed by atoms with Gasteiger partial charge in [-0.15, -0.1) is 0 Å². The SMILES string of the molecule is CCc1nc(SCC(N)=O)n(COCc2ccccc2)c1Cc1cc(C)cc(C)c1. The first-order valence-electron chi connectivity index (χ1n) is 10.1. The molecule has 6 heteroatoms. The largest absolute Gasteiger partial charge is 0.369 e. The number of amides is 1. The van der Waals surface area contributed by atoms with Crippen molar-refractivity contribution < 1.29 is 9.53 Å². The Bertz CT molecular complexity index is 979. The molecule has 0 fully saturated rings. The molecule has 1 aromatic heterocycles. The number of carbonyl (C=O) groups excluding carboxylic acids is 1. The second kappa shape index (κ2) is 10.5. The maximum atomic E-state index is 11.3.